The third-order valence-electron chi connectivity index (χ3n) is 5.87. The predicted molar refractivity (Wildman–Crippen MR) is 119 cm³/mol. The smallest absolute Gasteiger partial charge is 0.254 e. The summed E-state index contributed by atoms with van der Waals surface area (Å²) in [5, 5.41) is 18.3. The summed E-state index contributed by atoms with van der Waals surface area (Å²) in [5.74, 6) is 0.657. The van der Waals surface area contributed by atoms with Crippen LogP contribution >= 0.6 is 0 Å². The highest BCUT2D eigenvalue weighted by Gasteiger charge is 2.29. The first-order valence-corrected chi connectivity index (χ1v) is 10.7. The molecule has 2 heterocycles. The lowest BCUT2D eigenvalue weighted by atomic mass is 10.00. The van der Waals surface area contributed by atoms with Crippen LogP contribution in [0.25, 0.3) is 0 Å². The summed E-state index contributed by atoms with van der Waals surface area (Å²) in [6, 6.07) is 22.6. The van der Waals surface area contributed by atoms with Gasteiger partial charge in [-0.1, -0.05) is 18.2 Å². The van der Waals surface area contributed by atoms with E-state index in [4.69, 9.17) is 9.68 Å². The molecule has 2 aromatic carbocycles. The molecule has 32 heavy (non-hydrogen) atoms. The van der Waals surface area contributed by atoms with Crippen molar-refractivity contribution >= 4 is 5.91 Å². The molecule has 1 aliphatic heterocycles. The predicted octanol–water partition coefficient (Wildman–Crippen LogP) is 4.33. The number of piperidine rings is 1. The van der Waals surface area contributed by atoms with Crippen molar-refractivity contribution in [3.8, 4) is 12.1 Å². The minimum atomic E-state index is -0.0846. The van der Waals surface area contributed by atoms with E-state index in [1.807, 2.05) is 41.3 Å². The maximum atomic E-state index is 13.4. The maximum Gasteiger partial charge on any atom is 0.254 e. The van der Waals surface area contributed by atoms with Gasteiger partial charge in [0.2, 0.25) is 0 Å². The Kier molecular flexibility index (Phi) is 6.65. The number of amides is 1. The average Bonchev–Trinajstić information content (AvgIpc) is 3.36. The molecule has 0 N–H and O–H groups in total. The molecule has 0 aliphatic carbocycles. The summed E-state index contributed by atoms with van der Waals surface area (Å²) in [6.45, 7) is 2.92. The molecular formula is C26H24N4O2. The van der Waals surface area contributed by atoms with Gasteiger partial charge in [0, 0.05) is 31.2 Å². The van der Waals surface area contributed by atoms with Gasteiger partial charge in [-0.25, -0.2) is 0 Å². The zero-order valence-electron chi connectivity index (χ0n) is 17.8. The summed E-state index contributed by atoms with van der Waals surface area (Å²) in [7, 11) is 0. The highest BCUT2D eigenvalue weighted by Crippen LogP contribution is 2.23. The molecule has 1 saturated heterocycles. The molecule has 0 bridgehead atoms. The Hall–Kier alpha value is -3.87. The van der Waals surface area contributed by atoms with Crippen LogP contribution in [0, 0.1) is 22.7 Å². The van der Waals surface area contributed by atoms with Crippen LogP contribution in [0.1, 0.15) is 45.7 Å². The molecule has 0 unspecified atom stereocenters. The first kappa shape index (κ1) is 21.4. The van der Waals surface area contributed by atoms with Gasteiger partial charge in [0.15, 0.2) is 0 Å². The number of rotatable bonds is 6. The Morgan fingerprint density at radius 3 is 2.41 bits per heavy atom. The van der Waals surface area contributed by atoms with E-state index in [1.165, 1.54) is 0 Å². The largest absolute Gasteiger partial charge is 0.467 e. The second kappa shape index (κ2) is 9.96. The van der Waals surface area contributed by atoms with Crippen molar-refractivity contribution in [3.05, 3.63) is 94.9 Å². The second-order valence-corrected chi connectivity index (χ2v) is 8.02. The number of benzene rings is 2. The number of furan rings is 1. The highest BCUT2D eigenvalue weighted by molar-refractivity contribution is 5.94. The Morgan fingerprint density at radius 1 is 1.00 bits per heavy atom. The lowest BCUT2D eigenvalue weighted by Gasteiger charge is -2.38. The van der Waals surface area contributed by atoms with Crippen LogP contribution in [0.15, 0.2) is 71.3 Å². The van der Waals surface area contributed by atoms with Crippen molar-refractivity contribution in [3.63, 3.8) is 0 Å². The standard InChI is InChI=1S/C26H24N4O2/c27-16-20-4-1-6-22(14-20)18-29-11-9-24(10-12-29)30(19-25-8-3-13-32-25)26(31)23-7-2-5-21(15-23)17-28/h1-8,13-15,24H,9-12,18-19H2. The Bertz CT molecular complexity index is 1150. The van der Waals surface area contributed by atoms with Crippen molar-refractivity contribution in [1.29, 1.82) is 10.5 Å². The molecule has 6 nitrogen and oxygen atoms in total. The molecule has 4 rings (SSSR count). The molecule has 6 heteroatoms. The van der Waals surface area contributed by atoms with Crippen LogP contribution in [0.4, 0.5) is 0 Å². The van der Waals surface area contributed by atoms with Crippen molar-refractivity contribution < 1.29 is 9.21 Å². The summed E-state index contributed by atoms with van der Waals surface area (Å²) >= 11 is 0. The number of likely N-dealkylation sites (tertiary alicyclic amines) is 1. The van der Waals surface area contributed by atoms with Crippen LogP contribution in [0.5, 0.6) is 0 Å². The van der Waals surface area contributed by atoms with E-state index in [0.29, 0.717) is 23.2 Å². The van der Waals surface area contributed by atoms with Gasteiger partial charge in [0.1, 0.15) is 5.76 Å². The SMILES string of the molecule is N#Cc1cccc(CN2CCC(N(Cc3ccco3)C(=O)c3cccc(C#N)c3)CC2)c1. The molecule has 0 saturated carbocycles. The second-order valence-electron chi connectivity index (χ2n) is 8.02. The lowest BCUT2D eigenvalue weighted by Crippen LogP contribution is -2.46. The average molecular weight is 425 g/mol. The molecule has 0 atom stereocenters. The van der Waals surface area contributed by atoms with Crippen molar-refractivity contribution in [1.82, 2.24) is 9.80 Å². The Labute approximate surface area is 187 Å². The van der Waals surface area contributed by atoms with Gasteiger partial charge >= 0.3 is 0 Å². The van der Waals surface area contributed by atoms with Crippen LogP contribution < -0.4 is 0 Å². The van der Waals surface area contributed by atoms with Gasteiger partial charge in [-0.3, -0.25) is 9.69 Å². The number of hydrogen-bond donors (Lipinski definition) is 0. The topological polar surface area (TPSA) is 84.3 Å². The molecule has 1 aliphatic rings. The van der Waals surface area contributed by atoms with E-state index in [2.05, 4.69) is 17.0 Å². The quantitative estimate of drug-likeness (QED) is 0.588. The molecule has 1 amide bonds. The number of hydrogen-bond acceptors (Lipinski definition) is 5. The summed E-state index contributed by atoms with van der Waals surface area (Å²) in [5.41, 5.74) is 2.79. The Balaban J connectivity index is 1.46. The maximum absolute atomic E-state index is 13.4. The molecule has 0 radical (unpaired) electrons. The van der Waals surface area contributed by atoms with Gasteiger partial charge < -0.3 is 9.32 Å². The first-order chi connectivity index (χ1) is 15.7. The number of nitriles is 2. The van der Waals surface area contributed by atoms with E-state index < -0.39 is 0 Å². The lowest BCUT2D eigenvalue weighted by molar-refractivity contribution is 0.0523. The number of nitrogens with zero attached hydrogens (tertiary/aromatic N) is 4. The Morgan fingerprint density at radius 2 is 1.72 bits per heavy atom. The minimum Gasteiger partial charge on any atom is -0.467 e. The zero-order valence-corrected chi connectivity index (χ0v) is 17.8. The monoisotopic (exact) mass is 424 g/mol. The van der Waals surface area contributed by atoms with E-state index in [9.17, 15) is 10.1 Å². The molecule has 1 fully saturated rings. The normalized spacial score (nSPS) is 14.4. The molecule has 3 aromatic rings. The third-order valence-corrected chi connectivity index (χ3v) is 5.87. The zero-order chi connectivity index (χ0) is 22.3. The van der Waals surface area contributed by atoms with Crippen molar-refractivity contribution in [2.45, 2.75) is 32.0 Å². The molecule has 0 spiro atoms. The summed E-state index contributed by atoms with van der Waals surface area (Å²) < 4.78 is 5.52. The van der Waals surface area contributed by atoms with E-state index >= 15 is 0 Å². The first-order valence-electron chi connectivity index (χ1n) is 10.7. The van der Waals surface area contributed by atoms with Gasteiger partial charge in [-0.05, 0) is 60.9 Å². The minimum absolute atomic E-state index is 0.0834. The fraction of sp³-hybridized carbons (Fsp3) is 0.269. The van der Waals surface area contributed by atoms with E-state index in [1.54, 1.807) is 30.5 Å². The van der Waals surface area contributed by atoms with Crippen LogP contribution in [-0.2, 0) is 13.1 Å². The van der Waals surface area contributed by atoms with Crippen LogP contribution in [-0.4, -0.2) is 34.8 Å². The van der Waals surface area contributed by atoms with Crippen LogP contribution in [0.2, 0.25) is 0 Å². The van der Waals surface area contributed by atoms with Crippen molar-refractivity contribution in [2.75, 3.05) is 13.1 Å². The number of carbonyl (C=O) groups excluding carboxylic acids is 1. The van der Waals surface area contributed by atoms with Gasteiger partial charge in [0.25, 0.3) is 5.91 Å². The number of carbonyl (C=O) groups is 1. The van der Waals surface area contributed by atoms with E-state index in [0.717, 1.165) is 43.8 Å². The van der Waals surface area contributed by atoms with Gasteiger partial charge in [-0.2, -0.15) is 10.5 Å². The fourth-order valence-corrected chi connectivity index (χ4v) is 4.21. The van der Waals surface area contributed by atoms with Crippen LogP contribution in [0.3, 0.4) is 0 Å². The molecular weight excluding hydrogens is 400 g/mol. The summed E-state index contributed by atoms with van der Waals surface area (Å²) in [6.07, 6.45) is 3.32. The molecule has 1 aromatic heterocycles. The summed E-state index contributed by atoms with van der Waals surface area (Å²) in [4.78, 5) is 17.7. The fourth-order valence-electron chi connectivity index (χ4n) is 4.21. The van der Waals surface area contributed by atoms with E-state index in [-0.39, 0.29) is 11.9 Å². The molecule has 160 valence electrons. The highest BCUT2D eigenvalue weighted by atomic mass is 16.3. The van der Waals surface area contributed by atoms with Gasteiger partial charge in [0.05, 0.1) is 36.1 Å². The van der Waals surface area contributed by atoms with Crippen molar-refractivity contribution in [2.24, 2.45) is 0 Å². The third kappa shape index (κ3) is 5.06. The van der Waals surface area contributed by atoms with Gasteiger partial charge in [-0.15, -0.1) is 0 Å².